The molecule has 3 aromatic rings. The minimum absolute atomic E-state index is 0.152. The lowest BCUT2D eigenvalue weighted by Gasteiger charge is -2.21. The third kappa shape index (κ3) is 4.27. The summed E-state index contributed by atoms with van der Waals surface area (Å²) in [5.74, 6) is -0.458. The van der Waals surface area contributed by atoms with E-state index in [1.54, 1.807) is 29.9 Å². The molecule has 3 N–H and O–H groups in total. The average molecular weight is 407 g/mol. The van der Waals surface area contributed by atoms with E-state index < -0.39 is 0 Å². The van der Waals surface area contributed by atoms with Crippen molar-refractivity contribution >= 4 is 34.5 Å². The van der Waals surface area contributed by atoms with Gasteiger partial charge in [0.05, 0.1) is 29.2 Å². The Morgan fingerprint density at radius 1 is 1.21 bits per heavy atom. The maximum Gasteiger partial charge on any atom is 0.275 e. The Bertz CT molecular complexity index is 1030. The number of benzene rings is 1. The Balaban J connectivity index is 1.44. The molecular formula is C21H21N5O2S. The van der Waals surface area contributed by atoms with E-state index in [1.165, 1.54) is 16.9 Å². The highest BCUT2D eigenvalue weighted by Gasteiger charge is 2.21. The van der Waals surface area contributed by atoms with Gasteiger partial charge in [-0.3, -0.25) is 14.6 Å². The fourth-order valence-electron chi connectivity index (χ4n) is 3.26. The number of rotatable bonds is 5. The van der Waals surface area contributed by atoms with Crippen LogP contribution in [0.25, 0.3) is 0 Å². The van der Waals surface area contributed by atoms with Gasteiger partial charge in [0.15, 0.2) is 0 Å². The lowest BCUT2D eigenvalue weighted by Crippen LogP contribution is -2.28. The topological polar surface area (TPSA) is 96.0 Å². The third-order valence-corrected chi connectivity index (χ3v) is 5.74. The molecule has 148 valence electrons. The predicted octanol–water partition coefficient (Wildman–Crippen LogP) is 3.64. The predicted molar refractivity (Wildman–Crippen MR) is 113 cm³/mol. The van der Waals surface area contributed by atoms with Gasteiger partial charge in [0, 0.05) is 18.1 Å². The number of aromatic nitrogens is 2. The van der Waals surface area contributed by atoms with Crippen LogP contribution in [0.3, 0.4) is 0 Å². The van der Waals surface area contributed by atoms with Gasteiger partial charge in [0.25, 0.3) is 11.8 Å². The number of carbonyl (C=O) groups excluding carboxylic acids is 2. The molecule has 0 radical (unpaired) electrons. The molecule has 1 atom stereocenters. The summed E-state index contributed by atoms with van der Waals surface area (Å²) >= 11 is 1.34. The molecule has 2 aromatic heterocycles. The molecule has 0 fully saturated rings. The number of fused-ring (bicyclic) bond motifs is 1. The number of nitrogens with zero attached hydrogens (tertiary/aromatic N) is 2. The molecule has 3 heterocycles. The Morgan fingerprint density at radius 2 is 2.10 bits per heavy atom. The van der Waals surface area contributed by atoms with Crippen molar-refractivity contribution in [3.63, 3.8) is 0 Å². The number of amides is 2. The summed E-state index contributed by atoms with van der Waals surface area (Å²) in [5, 5.41) is 11.4. The second-order valence-corrected chi connectivity index (χ2v) is 7.72. The van der Waals surface area contributed by atoms with Crippen LogP contribution in [-0.4, -0.2) is 28.3 Å². The largest absolute Gasteiger partial charge is 0.384 e. The number of para-hydroxylation sites is 1. The van der Waals surface area contributed by atoms with Crippen molar-refractivity contribution in [2.75, 3.05) is 17.2 Å². The fourth-order valence-corrected chi connectivity index (χ4v) is 4.06. The van der Waals surface area contributed by atoms with Gasteiger partial charge in [-0.2, -0.15) is 0 Å². The van der Waals surface area contributed by atoms with Gasteiger partial charge in [0.1, 0.15) is 10.7 Å². The third-order valence-electron chi connectivity index (χ3n) is 4.71. The van der Waals surface area contributed by atoms with Gasteiger partial charge in [-0.15, -0.1) is 11.3 Å². The number of carbonyl (C=O) groups is 2. The molecule has 0 unspecified atom stereocenters. The van der Waals surface area contributed by atoms with Gasteiger partial charge < -0.3 is 16.0 Å². The lowest BCUT2D eigenvalue weighted by atomic mass is 9.99. The number of hydrogen-bond acceptors (Lipinski definition) is 6. The highest BCUT2D eigenvalue weighted by molar-refractivity contribution is 7.09. The highest BCUT2D eigenvalue weighted by Crippen LogP contribution is 2.27. The summed E-state index contributed by atoms with van der Waals surface area (Å²) in [6.45, 7) is 2.73. The zero-order chi connectivity index (χ0) is 20.2. The number of anilines is 2. The zero-order valence-electron chi connectivity index (χ0n) is 15.9. The van der Waals surface area contributed by atoms with E-state index in [2.05, 4.69) is 32.0 Å². The van der Waals surface area contributed by atoms with E-state index in [9.17, 15) is 9.59 Å². The van der Waals surface area contributed by atoms with Crippen LogP contribution in [0, 0.1) is 0 Å². The molecule has 1 aliphatic heterocycles. The molecule has 1 aliphatic rings. The summed E-state index contributed by atoms with van der Waals surface area (Å²) in [5.41, 5.74) is 3.64. The molecule has 8 heteroatoms. The van der Waals surface area contributed by atoms with Crippen LogP contribution in [0.5, 0.6) is 0 Å². The van der Waals surface area contributed by atoms with Gasteiger partial charge in [-0.25, -0.2) is 4.98 Å². The first-order chi connectivity index (χ1) is 14.1. The summed E-state index contributed by atoms with van der Waals surface area (Å²) in [6.07, 6.45) is 5.25. The number of aryl methyl sites for hydroxylation is 1. The summed E-state index contributed by atoms with van der Waals surface area (Å²) in [4.78, 5) is 33.6. The van der Waals surface area contributed by atoms with Crippen LogP contribution in [0.1, 0.15) is 50.8 Å². The van der Waals surface area contributed by atoms with Crippen molar-refractivity contribution < 1.29 is 9.59 Å². The summed E-state index contributed by atoms with van der Waals surface area (Å²) < 4.78 is 0. The van der Waals surface area contributed by atoms with E-state index in [1.807, 2.05) is 19.1 Å². The average Bonchev–Trinajstić information content (AvgIpc) is 3.25. The van der Waals surface area contributed by atoms with Crippen molar-refractivity contribution in [2.45, 2.75) is 25.8 Å². The normalized spacial score (nSPS) is 13.7. The quantitative estimate of drug-likeness (QED) is 0.600. The monoisotopic (exact) mass is 407 g/mol. The number of nitrogens with one attached hydrogen (secondary N) is 3. The lowest BCUT2D eigenvalue weighted by molar-refractivity contribution is 0.0940. The van der Waals surface area contributed by atoms with E-state index in [-0.39, 0.29) is 17.9 Å². The van der Waals surface area contributed by atoms with Crippen molar-refractivity contribution in [1.82, 2.24) is 15.3 Å². The molecule has 29 heavy (non-hydrogen) atoms. The number of pyridine rings is 1. The first kappa shape index (κ1) is 19.1. The van der Waals surface area contributed by atoms with Gasteiger partial charge in [-0.1, -0.05) is 12.1 Å². The van der Waals surface area contributed by atoms with Crippen molar-refractivity contribution in [2.24, 2.45) is 0 Å². The van der Waals surface area contributed by atoms with E-state index in [0.29, 0.717) is 22.0 Å². The molecule has 2 amide bonds. The summed E-state index contributed by atoms with van der Waals surface area (Å²) in [6, 6.07) is 8.98. The van der Waals surface area contributed by atoms with Crippen LogP contribution in [0.15, 0.2) is 48.1 Å². The smallest absolute Gasteiger partial charge is 0.275 e. The Hall–Kier alpha value is -3.26. The molecule has 0 bridgehead atoms. The fraction of sp³-hybridized carbons (Fsp3) is 0.238. The minimum atomic E-state index is -0.313. The van der Waals surface area contributed by atoms with Crippen molar-refractivity contribution in [1.29, 1.82) is 0 Å². The Morgan fingerprint density at radius 3 is 2.93 bits per heavy atom. The number of thiazole rings is 1. The van der Waals surface area contributed by atoms with Gasteiger partial charge >= 0.3 is 0 Å². The SMILES string of the molecule is C[C@H](NC(=O)c1cccc2c1NCCC2)c1nc(C(=O)Nc2cccnc2)cs1. The first-order valence-electron chi connectivity index (χ1n) is 9.45. The maximum absolute atomic E-state index is 12.8. The zero-order valence-corrected chi connectivity index (χ0v) is 16.8. The van der Waals surface area contributed by atoms with Gasteiger partial charge in [-0.05, 0) is 43.5 Å². The molecule has 4 rings (SSSR count). The maximum atomic E-state index is 12.8. The Kier molecular flexibility index (Phi) is 5.53. The van der Waals surface area contributed by atoms with Crippen LogP contribution in [0.4, 0.5) is 11.4 Å². The summed E-state index contributed by atoms with van der Waals surface area (Å²) in [7, 11) is 0. The molecule has 7 nitrogen and oxygen atoms in total. The molecule has 0 aliphatic carbocycles. The molecule has 1 aromatic carbocycles. The second kappa shape index (κ2) is 8.40. The van der Waals surface area contributed by atoms with Crippen LogP contribution < -0.4 is 16.0 Å². The minimum Gasteiger partial charge on any atom is -0.384 e. The van der Waals surface area contributed by atoms with Crippen LogP contribution in [-0.2, 0) is 6.42 Å². The Labute approximate surface area is 172 Å². The van der Waals surface area contributed by atoms with Gasteiger partial charge in [0.2, 0.25) is 0 Å². The molecule has 0 saturated carbocycles. The van der Waals surface area contributed by atoms with E-state index >= 15 is 0 Å². The van der Waals surface area contributed by atoms with Crippen LogP contribution in [0.2, 0.25) is 0 Å². The van der Waals surface area contributed by atoms with E-state index in [0.717, 1.165) is 25.1 Å². The van der Waals surface area contributed by atoms with Crippen molar-refractivity contribution in [3.05, 3.63) is 69.9 Å². The molecule has 0 saturated heterocycles. The standard InChI is InChI=1S/C21H21N5O2S/c1-13(24-19(27)16-8-2-5-14-6-3-10-23-18(14)16)21-26-17(12-29-21)20(28)25-15-7-4-9-22-11-15/h2,4-5,7-9,11-13,23H,3,6,10H2,1H3,(H,24,27)(H,25,28)/t13-/m0/s1. The second-order valence-electron chi connectivity index (χ2n) is 6.83. The highest BCUT2D eigenvalue weighted by atomic mass is 32.1. The number of hydrogen-bond donors (Lipinski definition) is 3. The first-order valence-corrected chi connectivity index (χ1v) is 10.3. The van der Waals surface area contributed by atoms with Crippen molar-refractivity contribution in [3.8, 4) is 0 Å². The molecule has 0 spiro atoms. The van der Waals surface area contributed by atoms with Crippen LogP contribution >= 0.6 is 11.3 Å². The molecular weight excluding hydrogens is 386 g/mol. The van der Waals surface area contributed by atoms with E-state index in [4.69, 9.17) is 0 Å².